The first-order chi connectivity index (χ1) is 7.37. The molecule has 0 saturated heterocycles. The summed E-state index contributed by atoms with van der Waals surface area (Å²) < 4.78 is 5.92. The lowest BCUT2D eigenvalue weighted by Crippen LogP contribution is -2.30. The monoisotopic (exact) mass is 221 g/mol. The van der Waals surface area contributed by atoms with Gasteiger partial charge in [0.1, 0.15) is 5.75 Å². The molecule has 1 rings (SSSR count). The van der Waals surface area contributed by atoms with E-state index < -0.39 is 0 Å². The van der Waals surface area contributed by atoms with Gasteiger partial charge in [-0.3, -0.25) is 0 Å². The van der Waals surface area contributed by atoms with Crippen molar-refractivity contribution >= 4 is 0 Å². The van der Waals surface area contributed by atoms with E-state index in [0.717, 1.165) is 5.75 Å². The quantitative estimate of drug-likeness (QED) is 0.848. The highest BCUT2D eigenvalue weighted by Crippen LogP contribution is 2.27. The van der Waals surface area contributed by atoms with Gasteiger partial charge >= 0.3 is 0 Å². The maximum atomic E-state index is 5.92. The molecule has 2 N–H and O–H groups in total. The zero-order chi connectivity index (χ0) is 12.3. The van der Waals surface area contributed by atoms with E-state index >= 15 is 0 Å². The second-order valence-corrected chi connectivity index (χ2v) is 5.31. The fourth-order valence-corrected chi connectivity index (χ4v) is 1.47. The van der Waals surface area contributed by atoms with E-state index in [-0.39, 0.29) is 5.41 Å². The first-order valence-electron chi connectivity index (χ1n) is 5.77. The van der Waals surface area contributed by atoms with Crippen LogP contribution in [0.25, 0.3) is 0 Å². The van der Waals surface area contributed by atoms with E-state index in [4.69, 9.17) is 10.5 Å². The SMILES string of the molecule is Cc1ccc(C)c(OCC(C)(C)CN)c1C. The molecule has 90 valence electrons. The lowest BCUT2D eigenvalue weighted by atomic mass is 9.95. The molecule has 0 aromatic heterocycles. The second kappa shape index (κ2) is 4.88. The Labute approximate surface area is 98.8 Å². The van der Waals surface area contributed by atoms with Crippen LogP contribution in [-0.2, 0) is 0 Å². The molecule has 0 atom stereocenters. The summed E-state index contributed by atoms with van der Waals surface area (Å²) in [5, 5.41) is 0. The van der Waals surface area contributed by atoms with E-state index in [9.17, 15) is 0 Å². The largest absolute Gasteiger partial charge is 0.492 e. The molecule has 0 radical (unpaired) electrons. The summed E-state index contributed by atoms with van der Waals surface area (Å²) >= 11 is 0. The van der Waals surface area contributed by atoms with Crippen LogP contribution in [0.15, 0.2) is 12.1 Å². The van der Waals surface area contributed by atoms with Gasteiger partial charge < -0.3 is 10.5 Å². The molecule has 0 saturated carbocycles. The first kappa shape index (κ1) is 13.0. The third kappa shape index (κ3) is 2.99. The van der Waals surface area contributed by atoms with E-state index in [1.807, 2.05) is 0 Å². The zero-order valence-corrected chi connectivity index (χ0v) is 11.1. The van der Waals surface area contributed by atoms with Gasteiger partial charge in [0.05, 0.1) is 6.61 Å². The van der Waals surface area contributed by atoms with E-state index in [0.29, 0.717) is 13.2 Å². The smallest absolute Gasteiger partial charge is 0.125 e. The molecular weight excluding hydrogens is 198 g/mol. The minimum Gasteiger partial charge on any atom is -0.492 e. The molecule has 1 aromatic rings. The van der Waals surface area contributed by atoms with E-state index in [1.165, 1.54) is 16.7 Å². The van der Waals surface area contributed by atoms with Crippen molar-refractivity contribution in [3.8, 4) is 5.75 Å². The topological polar surface area (TPSA) is 35.2 Å². The summed E-state index contributed by atoms with van der Waals surface area (Å²) in [6.07, 6.45) is 0. The summed E-state index contributed by atoms with van der Waals surface area (Å²) in [7, 11) is 0. The standard InChI is InChI=1S/C14H23NO/c1-10-6-7-11(2)13(12(10)3)16-9-14(4,5)8-15/h6-7H,8-9,15H2,1-5H3. The van der Waals surface area contributed by atoms with Crippen molar-refractivity contribution in [2.45, 2.75) is 34.6 Å². The lowest BCUT2D eigenvalue weighted by Gasteiger charge is -2.24. The fraction of sp³-hybridized carbons (Fsp3) is 0.571. The summed E-state index contributed by atoms with van der Waals surface area (Å²) in [4.78, 5) is 0. The van der Waals surface area contributed by atoms with Gasteiger partial charge in [0, 0.05) is 12.0 Å². The summed E-state index contributed by atoms with van der Waals surface area (Å²) in [5.41, 5.74) is 9.42. The van der Waals surface area contributed by atoms with Gasteiger partial charge in [0.2, 0.25) is 0 Å². The Bertz CT molecular complexity index is 369. The van der Waals surface area contributed by atoms with Crippen molar-refractivity contribution in [1.82, 2.24) is 0 Å². The van der Waals surface area contributed by atoms with Crippen LogP contribution in [0.1, 0.15) is 30.5 Å². The van der Waals surface area contributed by atoms with Crippen LogP contribution in [0.3, 0.4) is 0 Å². The Morgan fingerprint density at radius 2 is 1.69 bits per heavy atom. The number of hydrogen-bond donors (Lipinski definition) is 1. The minimum atomic E-state index is 0.0304. The highest BCUT2D eigenvalue weighted by molar-refractivity contribution is 5.44. The normalized spacial score (nSPS) is 11.6. The summed E-state index contributed by atoms with van der Waals surface area (Å²) in [5.74, 6) is 1.02. The Hall–Kier alpha value is -1.02. The molecule has 0 amide bonds. The molecule has 0 aliphatic heterocycles. The molecule has 0 aliphatic carbocycles. The zero-order valence-electron chi connectivity index (χ0n) is 11.1. The van der Waals surface area contributed by atoms with Crippen LogP contribution in [0.2, 0.25) is 0 Å². The molecule has 0 heterocycles. The molecule has 1 aromatic carbocycles. The second-order valence-electron chi connectivity index (χ2n) is 5.31. The molecule has 0 fully saturated rings. The van der Waals surface area contributed by atoms with Crippen LogP contribution in [0, 0.1) is 26.2 Å². The maximum Gasteiger partial charge on any atom is 0.125 e. The van der Waals surface area contributed by atoms with Gasteiger partial charge in [-0.05, 0) is 37.5 Å². The summed E-state index contributed by atoms with van der Waals surface area (Å²) in [6.45, 7) is 11.8. The van der Waals surface area contributed by atoms with Crippen molar-refractivity contribution < 1.29 is 4.74 Å². The van der Waals surface area contributed by atoms with Crippen molar-refractivity contribution in [3.05, 3.63) is 28.8 Å². The van der Waals surface area contributed by atoms with Crippen molar-refractivity contribution in [1.29, 1.82) is 0 Å². The van der Waals surface area contributed by atoms with Crippen molar-refractivity contribution in [2.24, 2.45) is 11.1 Å². The van der Waals surface area contributed by atoms with Gasteiger partial charge in [0.15, 0.2) is 0 Å². The fourth-order valence-electron chi connectivity index (χ4n) is 1.47. The van der Waals surface area contributed by atoms with Gasteiger partial charge in [-0.25, -0.2) is 0 Å². The minimum absolute atomic E-state index is 0.0304. The highest BCUT2D eigenvalue weighted by Gasteiger charge is 2.17. The number of rotatable bonds is 4. The lowest BCUT2D eigenvalue weighted by molar-refractivity contribution is 0.185. The molecule has 2 heteroatoms. The average Bonchev–Trinajstić information content (AvgIpc) is 2.24. The van der Waals surface area contributed by atoms with Crippen LogP contribution in [-0.4, -0.2) is 13.2 Å². The van der Waals surface area contributed by atoms with E-state index in [2.05, 4.69) is 46.8 Å². The molecule has 16 heavy (non-hydrogen) atoms. The molecule has 0 spiro atoms. The number of hydrogen-bond acceptors (Lipinski definition) is 2. The van der Waals surface area contributed by atoms with Gasteiger partial charge in [0.25, 0.3) is 0 Å². The maximum absolute atomic E-state index is 5.92. The molecule has 2 nitrogen and oxygen atoms in total. The molecule has 0 unspecified atom stereocenters. The van der Waals surface area contributed by atoms with Crippen LogP contribution < -0.4 is 10.5 Å². The highest BCUT2D eigenvalue weighted by atomic mass is 16.5. The Morgan fingerprint density at radius 3 is 2.25 bits per heavy atom. The molecule has 0 bridgehead atoms. The van der Waals surface area contributed by atoms with E-state index in [1.54, 1.807) is 0 Å². The number of nitrogens with two attached hydrogens (primary N) is 1. The number of ether oxygens (including phenoxy) is 1. The van der Waals surface area contributed by atoms with Gasteiger partial charge in [-0.15, -0.1) is 0 Å². The Balaban J connectivity index is 2.86. The average molecular weight is 221 g/mol. The first-order valence-corrected chi connectivity index (χ1v) is 5.77. The Kier molecular flexibility index (Phi) is 3.98. The van der Waals surface area contributed by atoms with Crippen molar-refractivity contribution in [2.75, 3.05) is 13.2 Å². The number of benzene rings is 1. The van der Waals surface area contributed by atoms with Gasteiger partial charge in [-0.2, -0.15) is 0 Å². The Morgan fingerprint density at radius 1 is 1.12 bits per heavy atom. The predicted molar refractivity (Wildman–Crippen MR) is 69.0 cm³/mol. The van der Waals surface area contributed by atoms with Crippen LogP contribution >= 0.6 is 0 Å². The molecule has 0 aliphatic rings. The third-order valence-corrected chi connectivity index (χ3v) is 3.03. The van der Waals surface area contributed by atoms with Crippen molar-refractivity contribution in [3.63, 3.8) is 0 Å². The third-order valence-electron chi connectivity index (χ3n) is 3.03. The predicted octanol–water partition coefficient (Wildman–Crippen LogP) is 2.98. The molecular formula is C14H23NO. The number of aryl methyl sites for hydroxylation is 2. The van der Waals surface area contributed by atoms with Gasteiger partial charge in [-0.1, -0.05) is 26.0 Å². The summed E-state index contributed by atoms with van der Waals surface area (Å²) in [6, 6.07) is 4.23. The van der Waals surface area contributed by atoms with Crippen LogP contribution in [0.5, 0.6) is 5.75 Å². The van der Waals surface area contributed by atoms with Crippen LogP contribution in [0.4, 0.5) is 0 Å².